The third-order valence-electron chi connectivity index (χ3n) is 5.43. The van der Waals surface area contributed by atoms with Crippen molar-refractivity contribution in [3.05, 3.63) is 35.7 Å². The predicted molar refractivity (Wildman–Crippen MR) is 123 cm³/mol. The topological polar surface area (TPSA) is 72.7 Å². The number of hydrogen-bond acceptors (Lipinski definition) is 7. The van der Waals surface area contributed by atoms with Gasteiger partial charge in [0, 0.05) is 44.0 Å². The van der Waals surface area contributed by atoms with Gasteiger partial charge in [-0.3, -0.25) is 19.3 Å². The van der Waals surface area contributed by atoms with Crippen LogP contribution < -0.4 is 9.64 Å². The maximum absolute atomic E-state index is 13.5. The summed E-state index contributed by atoms with van der Waals surface area (Å²) in [5, 5.41) is 4.88. The Bertz CT molecular complexity index is 1150. The number of aromatic nitrogens is 3. The van der Waals surface area contributed by atoms with E-state index in [1.165, 1.54) is 18.2 Å². The molecule has 0 saturated carbocycles. The highest BCUT2D eigenvalue weighted by Crippen LogP contribution is 2.34. The van der Waals surface area contributed by atoms with Gasteiger partial charge < -0.3 is 9.47 Å². The van der Waals surface area contributed by atoms with Crippen molar-refractivity contribution < 1.29 is 27.4 Å². The quantitative estimate of drug-likeness (QED) is 0.486. The maximum atomic E-state index is 13.5. The Labute approximate surface area is 198 Å². The van der Waals surface area contributed by atoms with Gasteiger partial charge in [-0.1, -0.05) is 11.3 Å². The van der Waals surface area contributed by atoms with E-state index in [-0.39, 0.29) is 17.7 Å². The molecule has 1 aliphatic rings. The van der Waals surface area contributed by atoms with Gasteiger partial charge in [-0.15, -0.1) is 13.2 Å². The molecule has 0 unspecified atom stereocenters. The fourth-order valence-corrected chi connectivity index (χ4v) is 4.83. The number of aryl methyl sites for hydroxylation is 1. The number of amides is 1. The molecule has 1 amide bonds. The number of fused-ring (bicyclic) bond motifs is 1. The first kappa shape index (κ1) is 24.4. The van der Waals surface area contributed by atoms with Crippen LogP contribution in [0.25, 0.3) is 10.2 Å². The van der Waals surface area contributed by atoms with Crippen LogP contribution in [0.3, 0.4) is 0 Å². The summed E-state index contributed by atoms with van der Waals surface area (Å²) in [4.78, 5) is 21.8. The van der Waals surface area contributed by atoms with E-state index in [0.717, 1.165) is 30.1 Å². The van der Waals surface area contributed by atoms with Gasteiger partial charge in [0.15, 0.2) is 10.8 Å². The SMILES string of the molecule is Cc1cc(C(=O)N(CCN2CCOCC2)c2nc3ccc(OC(F)(F)F)cc3s2)nn1C(C)C. The van der Waals surface area contributed by atoms with Crippen molar-refractivity contribution in [2.24, 2.45) is 0 Å². The predicted octanol–water partition coefficient (Wildman–Crippen LogP) is 4.26. The summed E-state index contributed by atoms with van der Waals surface area (Å²) in [5.74, 6) is -0.630. The highest BCUT2D eigenvalue weighted by atomic mass is 32.1. The molecule has 1 aliphatic heterocycles. The number of rotatable bonds is 7. The molecule has 1 saturated heterocycles. The van der Waals surface area contributed by atoms with Crippen LogP contribution in [0.5, 0.6) is 5.75 Å². The summed E-state index contributed by atoms with van der Waals surface area (Å²) in [6.07, 6.45) is -4.78. The second-order valence-corrected chi connectivity index (χ2v) is 9.30. The third kappa shape index (κ3) is 5.68. The highest BCUT2D eigenvalue weighted by Gasteiger charge is 2.31. The number of benzene rings is 1. The van der Waals surface area contributed by atoms with Crippen molar-refractivity contribution in [3.8, 4) is 5.75 Å². The molecule has 1 fully saturated rings. The molecule has 0 N–H and O–H groups in total. The van der Waals surface area contributed by atoms with Gasteiger partial charge in [0.25, 0.3) is 5.91 Å². The van der Waals surface area contributed by atoms with E-state index < -0.39 is 6.36 Å². The van der Waals surface area contributed by atoms with E-state index in [9.17, 15) is 18.0 Å². The molecule has 0 bridgehead atoms. The summed E-state index contributed by atoms with van der Waals surface area (Å²) >= 11 is 1.14. The number of anilines is 1. The minimum atomic E-state index is -4.78. The molecule has 3 heterocycles. The van der Waals surface area contributed by atoms with Gasteiger partial charge in [0.1, 0.15) is 5.75 Å². The normalized spacial score (nSPS) is 15.3. The lowest BCUT2D eigenvalue weighted by molar-refractivity contribution is -0.274. The van der Waals surface area contributed by atoms with Gasteiger partial charge in [-0.05, 0) is 39.0 Å². The molecule has 0 radical (unpaired) electrons. The summed E-state index contributed by atoms with van der Waals surface area (Å²) in [7, 11) is 0. The molecule has 4 rings (SSSR count). The van der Waals surface area contributed by atoms with E-state index in [2.05, 4.69) is 19.7 Å². The van der Waals surface area contributed by atoms with Crippen molar-refractivity contribution >= 4 is 32.6 Å². The average Bonchev–Trinajstić information content (AvgIpc) is 3.36. The summed E-state index contributed by atoms with van der Waals surface area (Å²) in [6.45, 7) is 9.63. The molecule has 8 nitrogen and oxygen atoms in total. The number of morpholine rings is 1. The first-order valence-electron chi connectivity index (χ1n) is 10.9. The standard InChI is InChI=1S/C22H26F3N5O3S/c1-14(2)30-15(3)12-18(27-30)20(31)29(7-6-28-8-10-32-11-9-28)21-26-17-5-4-16(13-19(17)34-21)33-22(23,24)25/h4-5,12-14H,6-11H2,1-3H3. The van der Waals surface area contributed by atoms with Crippen LogP contribution in [0.4, 0.5) is 18.3 Å². The molecule has 34 heavy (non-hydrogen) atoms. The molecule has 0 aliphatic carbocycles. The molecule has 0 atom stereocenters. The highest BCUT2D eigenvalue weighted by molar-refractivity contribution is 7.22. The number of halogens is 3. The largest absolute Gasteiger partial charge is 0.573 e. The fourth-order valence-electron chi connectivity index (χ4n) is 3.81. The van der Waals surface area contributed by atoms with Gasteiger partial charge in [-0.25, -0.2) is 4.98 Å². The smallest absolute Gasteiger partial charge is 0.406 e. The Kier molecular flexibility index (Phi) is 7.10. The Hall–Kier alpha value is -2.70. The zero-order chi connectivity index (χ0) is 24.5. The maximum Gasteiger partial charge on any atom is 0.573 e. The van der Waals surface area contributed by atoms with E-state index in [4.69, 9.17) is 4.74 Å². The number of carbonyl (C=O) groups is 1. The van der Waals surface area contributed by atoms with Crippen LogP contribution in [0.1, 0.15) is 36.1 Å². The summed E-state index contributed by atoms with van der Waals surface area (Å²) < 4.78 is 49.6. The molecule has 0 spiro atoms. The molecule has 12 heteroatoms. The molecular weight excluding hydrogens is 471 g/mol. The van der Waals surface area contributed by atoms with Gasteiger partial charge in [0.05, 0.1) is 23.4 Å². The average molecular weight is 498 g/mol. The summed E-state index contributed by atoms with van der Waals surface area (Å²) in [6, 6.07) is 5.79. The van der Waals surface area contributed by atoms with Crippen LogP contribution in [0.15, 0.2) is 24.3 Å². The van der Waals surface area contributed by atoms with E-state index >= 15 is 0 Å². The monoisotopic (exact) mass is 497 g/mol. The zero-order valence-corrected chi connectivity index (χ0v) is 19.9. The first-order valence-corrected chi connectivity index (χ1v) is 11.8. The molecule has 3 aromatic rings. The number of ether oxygens (including phenoxy) is 2. The van der Waals surface area contributed by atoms with Crippen molar-refractivity contribution in [2.75, 3.05) is 44.3 Å². The first-order chi connectivity index (χ1) is 16.1. The van der Waals surface area contributed by atoms with E-state index in [0.29, 0.717) is 47.3 Å². The lowest BCUT2D eigenvalue weighted by Crippen LogP contribution is -2.43. The van der Waals surface area contributed by atoms with Gasteiger partial charge >= 0.3 is 6.36 Å². The minimum Gasteiger partial charge on any atom is -0.406 e. The number of alkyl halides is 3. The number of nitrogens with zero attached hydrogens (tertiary/aromatic N) is 5. The zero-order valence-electron chi connectivity index (χ0n) is 19.1. The van der Waals surface area contributed by atoms with Crippen LogP contribution in [-0.4, -0.2) is 71.3 Å². The van der Waals surface area contributed by atoms with Crippen molar-refractivity contribution in [1.82, 2.24) is 19.7 Å². The molecule has 184 valence electrons. The summed E-state index contributed by atoms with van der Waals surface area (Å²) in [5.41, 5.74) is 1.65. The van der Waals surface area contributed by atoms with Crippen molar-refractivity contribution in [3.63, 3.8) is 0 Å². The van der Waals surface area contributed by atoms with Crippen molar-refractivity contribution in [2.45, 2.75) is 33.2 Å². The Balaban J connectivity index is 1.64. The molecular formula is C22H26F3N5O3S. The fraction of sp³-hybridized carbons (Fsp3) is 0.500. The second kappa shape index (κ2) is 9.88. The van der Waals surface area contributed by atoms with Crippen LogP contribution in [-0.2, 0) is 4.74 Å². The van der Waals surface area contributed by atoms with E-state index in [1.54, 1.807) is 15.6 Å². The Morgan fingerprint density at radius 1 is 1.26 bits per heavy atom. The number of carbonyl (C=O) groups excluding carboxylic acids is 1. The molecule has 1 aromatic carbocycles. The minimum absolute atomic E-state index is 0.0952. The van der Waals surface area contributed by atoms with Gasteiger partial charge in [-0.2, -0.15) is 5.10 Å². The Morgan fingerprint density at radius 2 is 2.00 bits per heavy atom. The number of hydrogen-bond donors (Lipinski definition) is 0. The van der Waals surface area contributed by atoms with E-state index in [1.807, 2.05) is 20.8 Å². The van der Waals surface area contributed by atoms with Gasteiger partial charge in [0.2, 0.25) is 0 Å². The lowest BCUT2D eigenvalue weighted by atomic mass is 10.3. The molecule has 2 aromatic heterocycles. The number of thiazole rings is 1. The Morgan fingerprint density at radius 3 is 2.65 bits per heavy atom. The van der Waals surface area contributed by atoms with Crippen LogP contribution in [0.2, 0.25) is 0 Å². The van der Waals surface area contributed by atoms with Crippen molar-refractivity contribution in [1.29, 1.82) is 0 Å². The van der Waals surface area contributed by atoms with Crippen LogP contribution >= 0.6 is 11.3 Å². The van der Waals surface area contributed by atoms with Crippen LogP contribution in [0, 0.1) is 6.92 Å². The lowest BCUT2D eigenvalue weighted by Gasteiger charge is -2.29. The second-order valence-electron chi connectivity index (χ2n) is 8.29. The third-order valence-corrected chi connectivity index (χ3v) is 6.47.